The summed E-state index contributed by atoms with van der Waals surface area (Å²) in [4.78, 5) is 12.2. The molecule has 0 bridgehead atoms. The van der Waals surface area contributed by atoms with Gasteiger partial charge < -0.3 is 0 Å². The molecule has 0 fully saturated rings. The van der Waals surface area contributed by atoms with Gasteiger partial charge in [-0.2, -0.15) is 0 Å². The van der Waals surface area contributed by atoms with E-state index in [1.807, 2.05) is 6.07 Å². The van der Waals surface area contributed by atoms with Gasteiger partial charge in [-0.1, -0.05) is 50.6 Å². The van der Waals surface area contributed by atoms with Crippen LogP contribution in [0, 0.1) is 5.82 Å². The van der Waals surface area contributed by atoms with Gasteiger partial charge in [-0.25, -0.2) is 4.39 Å². The first-order valence-corrected chi connectivity index (χ1v) is 8.53. The summed E-state index contributed by atoms with van der Waals surface area (Å²) in [5, 5.41) is 0. The molecule has 2 aromatic rings. The summed E-state index contributed by atoms with van der Waals surface area (Å²) in [6, 6.07) is 13.5. The third-order valence-corrected chi connectivity index (χ3v) is 4.17. The summed E-state index contributed by atoms with van der Waals surface area (Å²) in [7, 11) is 0. The van der Waals surface area contributed by atoms with Gasteiger partial charge >= 0.3 is 0 Å². The molecular weight excluding hydrogens is 287 g/mol. The second-order valence-corrected chi connectivity index (χ2v) is 6.01. The molecule has 0 atom stereocenters. The number of carbonyl (C=O) groups is 1. The second kappa shape index (κ2) is 8.61. The predicted octanol–water partition coefficient (Wildman–Crippen LogP) is 5.55. The molecule has 0 spiro atoms. The van der Waals surface area contributed by atoms with Crippen molar-refractivity contribution < 1.29 is 9.18 Å². The Morgan fingerprint density at radius 3 is 2.17 bits per heavy atom. The van der Waals surface area contributed by atoms with Crippen LogP contribution in [0.25, 0.3) is 0 Å². The molecule has 0 unspecified atom stereocenters. The first-order chi connectivity index (χ1) is 11.1. The minimum Gasteiger partial charge on any atom is -0.294 e. The Hall–Kier alpha value is -1.96. The molecule has 0 aliphatic rings. The van der Waals surface area contributed by atoms with Crippen LogP contribution in [0.15, 0.2) is 42.5 Å². The standard InChI is InChI=1S/C21H25FO/c1-3-6-18-13-14-19(20(22)15-18)21(23)8-5-7-17-11-9-16(4-2)10-12-17/h9-15H,3-8H2,1-2H3. The van der Waals surface area contributed by atoms with Crippen LogP contribution in [0.1, 0.15) is 60.2 Å². The SMILES string of the molecule is CCCc1ccc(C(=O)CCCc2ccc(CC)cc2)c(F)c1. The Balaban J connectivity index is 1.89. The van der Waals surface area contributed by atoms with Gasteiger partial charge in [0.25, 0.3) is 0 Å². The molecule has 0 saturated carbocycles. The van der Waals surface area contributed by atoms with Gasteiger partial charge in [0.2, 0.25) is 0 Å². The van der Waals surface area contributed by atoms with Crippen molar-refractivity contribution in [1.82, 2.24) is 0 Å². The van der Waals surface area contributed by atoms with Crippen molar-refractivity contribution in [3.05, 3.63) is 70.5 Å². The molecule has 0 saturated heterocycles. The number of benzene rings is 2. The highest BCUT2D eigenvalue weighted by atomic mass is 19.1. The fourth-order valence-electron chi connectivity index (χ4n) is 2.76. The average Bonchev–Trinajstić information content (AvgIpc) is 2.56. The number of ketones is 1. The zero-order valence-electron chi connectivity index (χ0n) is 14.1. The van der Waals surface area contributed by atoms with Gasteiger partial charge in [0.1, 0.15) is 5.82 Å². The van der Waals surface area contributed by atoms with Crippen molar-refractivity contribution in [2.45, 2.75) is 52.4 Å². The Morgan fingerprint density at radius 1 is 0.913 bits per heavy atom. The summed E-state index contributed by atoms with van der Waals surface area (Å²) in [6.07, 6.45) is 4.85. The first-order valence-electron chi connectivity index (χ1n) is 8.53. The molecule has 0 aromatic heterocycles. The van der Waals surface area contributed by atoms with Gasteiger partial charge in [-0.05, 0) is 54.5 Å². The second-order valence-electron chi connectivity index (χ2n) is 6.01. The normalized spacial score (nSPS) is 10.7. The highest BCUT2D eigenvalue weighted by Gasteiger charge is 2.12. The van der Waals surface area contributed by atoms with Crippen LogP contribution >= 0.6 is 0 Å². The van der Waals surface area contributed by atoms with Gasteiger partial charge in [0, 0.05) is 6.42 Å². The maximum atomic E-state index is 14.0. The quantitative estimate of drug-likeness (QED) is 0.584. The number of hydrogen-bond acceptors (Lipinski definition) is 1. The molecule has 0 aliphatic carbocycles. The molecule has 1 nitrogen and oxygen atoms in total. The van der Waals surface area contributed by atoms with E-state index in [-0.39, 0.29) is 17.2 Å². The lowest BCUT2D eigenvalue weighted by atomic mass is 9.99. The number of aryl methyl sites for hydroxylation is 3. The molecule has 0 N–H and O–H groups in total. The van der Waals surface area contributed by atoms with E-state index >= 15 is 0 Å². The summed E-state index contributed by atoms with van der Waals surface area (Å²) >= 11 is 0. The summed E-state index contributed by atoms with van der Waals surface area (Å²) in [5.41, 5.74) is 3.73. The van der Waals surface area contributed by atoms with Crippen LogP contribution in [0.4, 0.5) is 4.39 Å². The van der Waals surface area contributed by atoms with Crippen LogP contribution < -0.4 is 0 Å². The number of hydrogen-bond donors (Lipinski definition) is 0. The van der Waals surface area contributed by atoms with Crippen molar-refractivity contribution in [3.8, 4) is 0 Å². The third-order valence-electron chi connectivity index (χ3n) is 4.17. The maximum Gasteiger partial charge on any atom is 0.165 e. The van der Waals surface area contributed by atoms with Gasteiger partial charge in [0.15, 0.2) is 5.78 Å². The molecule has 23 heavy (non-hydrogen) atoms. The lowest BCUT2D eigenvalue weighted by molar-refractivity contribution is 0.0976. The van der Waals surface area contributed by atoms with Crippen LogP contribution in [-0.4, -0.2) is 5.78 Å². The van der Waals surface area contributed by atoms with Crippen molar-refractivity contribution in [1.29, 1.82) is 0 Å². The largest absolute Gasteiger partial charge is 0.294 e. The van der Waals surface area contributed by atoms with Gasteiger partial charge in [-0.3, -0.25) is 4.79 Å². The van der Waals surface area contributed by atoms with E-state index in [4.69, 9.17) is 0 Å². The lowest BCUT2D eigenvalue weighted by Gasteiger charge is -2.06. The molecule has 2 heteroatoms. The Kier molecular flexibility index (Phi) is 6.52. The number of rotatable bonds is 8. The Morgan fingerprint density at radius 2 is 1.57 bits per heavy atom. The lowest BCUT2D eigenvalue weighted by Crippen LogP contribution is -2.04. The molecule has 0 amide bonds. The molecule has 0 heterocycles. The topological polar surface area (TPSA) is 17.1 Å². The minimum absolute atomic E-state index is 0.101. The van der Waals surface area contributed by atoms with E-state index in [9.17, 15) is 9.18 Å². The molecule has 0 aliphatic heterocycles. The number of carbonyl (C=O) groups excluding carboxylic acids is 1. The Bertz CT molecular complexity index is 643. The average molecular weight is 312 g/mol. The van der Waals surface area contributed by atoms with E-state index in [1.54, 1.807) is 6.07 Å². The fourth-order valence-corrected chi connectivity index (χ4v) is 2.76. The first kappa shape index (κ1) is 17.4. The minimum atomic E-state index is -0.381. The van der Waals surface area contributed by atoms with E-state index in [0.29, 0.717) is 6.42 Å². The van der Waals surface area contributed by atoms with Crippen LogP contribution in [0.2, 0.25) is 0 Å². The smallest absolute Gasteiger partial charge is 0.165 e. The van der Waals surface area contributed by atoms with Crippen LogP contribution in [0.5, 0.6) is 0 Å². The van der Waals surface area contributed by atoms with Gasteiger partial charge in [-0.15, -0.1) is 0 Å². The van der Waals surface area contributed by atoms with E-state index < -0.39 is 0 Å². The van der Waals surface area contributed by atoms with Crippen LogP contribution in [-0.2, 0) is 19.3 Å². The third kappa shape index (κ3) is 5.02. The zero-order chi connectivity index (χ0) is 16.7. The van der Waals surface area contributed by atoms with E-state index in [1.165, 1.54) is 17.2 Å². The Labute approximate surface area is 138 Å². The zero-order valence-corrected chi connectivity index (χ0v) is 14.1. The highest BCUT2D eigenvalue weighted by Crippen LogP contribution is 2.16. The molecule has 122 valence electrons. The van der Waals surface area contributed by atoms with E-state index in [2.05, 4.69) is 38.1 Å². The summed E-state index contributed by atoms with van der Waals surface area (Å²) in [5.74, 6) is -0.482. The van der Waals surface area contributed by atoms with Crippen molar-refractivity contribution in [2.24, 2.45) is 0 Å². The molecule has 0 radical (unpaired) electrons. The monoisotopic (exact) mass is 312 g/mol. The van der Waals surface area contributed by atoms with E-state index in [0.717, 1.165) is 37.7 Å². The molecular formula is C21H25FO. The van der Waals surface area contributed by atoms with Crippen molar-refractivity contribution in [2.75, 3.05) is 0 Å². The van der Waals surface area contributed by atoms with Crippen molar-refractivity contribution >= 4 is 5.78 Å². The molecule has 2 rings (SSSR count). The predicted molar refractivity (Wildman–Crippen MR) is 93.5 cm³/mol. The van der Waals surface area contributed by atoms with Crippen LogP contribution in [0.3, 0.4) is 0 Å². The fraction of sp³-hybridized carbons (Fsp3) is 0.381. The van der Waals surface area contributed by atoms with Crippen molar-refractivity contribution in [3.63, 3.8) is 0 Å². The summed E-state index contributed by atoms with van der Waals surface area (Å²) in [6.45, 7) is 4.19. The number of halogens is 1. The number of Topliss-reactive ketones (excluding diaryl/α,β-unsaturated/α-hetero) is 1. The maximum absolute atomic E-state index is 14.0. The highest BCUT2D eigenvalue weighted by molar-refractivity contribution is 5.96. The summed E-state index contributed by atoms with van der Waals surface area (Å²) < 4.78 is 14.0. The molecule has 2 aromatic carbocycles. The van der Waals surface area contributed by atoms with Gasteiger partial charge in [0.05, 0.1) is 5.56 Å².